The molecule has 0 aliphatic heterocycles. The molecule has 3 N–H and O–H groups in total. The number of aliphatic carboxylic acids is 1. The van der Waals surface area contributed by atoms with E-state index < -0.39 is 35.3 Å². The molecule has 1 aromatic rings. The molecule has 0 fully saturated rings. The number of esters is 1. The van der Waals surface area contributed by atoms with E-state index in [4.69, 9.17) is 10.5 Å². The van der Waals surface area contributed by atoms with Gasteiger partial charge in [-0.2, -0.15) is 0 Å². The molecule has 116 valence electrons. The lowest BCUT2D eigenvalue weighted by Crippen LogP contribution is -2.45. The number of carbonyl (C=O) groups is 2. The molecule has 0 bridgehead atoms. The summed E-state index contributed by atoms with van der Waals surface area (Å²) in [4.78, 5) is 23.2. The van der Waals surface area contributed by atoms with Crippen LogP contribution >= 0.6 is 0 Å². The van der Waals surface area contributed by atoms with Crippen LogP contribution in [0.1, 0.15) is 26.3 Å². The second-order valence-corrected chi connectivity index (χ2v) is 5.84. The van der Waals surface area contributed by atoms with Gasteiger partial charge in [-0.25, -0.2) is 4.39 Å². The second-order valence-electron chi connectivity index (χ2n) is 5.84. The monoisotopic (exact) mass is 297 g/mol. The van der Waals surface area contributed by atoms with E-state index >= 15 is 0 Å². The van der Waals surface area contributed by atoms with Crippen molar-refractivity contribution < 1.29 is 23.8 Å². The van der Waals surface area contributed by atoms with Crippen molar-refractivity contribution in [2.75, 3.05) is 0 Å². The topological polar surface area (TPSA) is 89.6 Å². The third kappa shape index (κ3) is 5.51. The minimum absolute atomic E-state index is 0.135. The summed E-state index contributed by atoms with van der Waals surface area (Å²) in [6.45, 7) is 4.94. The standard InChI is InChI=1S/C15H20FNO4/c1-15(2,3)21-14(20)12(13(18)19)11(17)8-9-4-6-10(16)7-5-9/h4-7,11-12H,8,17H2,1-3H3,(H,18,19)/t11-,12+/m1/s1. The van der Waals surface area contributed by atoms with Gasteiger partial charge in [0, 0.05) is 6.04 Å². The van der Waals surface area contributed by atoms with Crippen LogP contribution in [0.4, 0.5) is 4.39 Å². The van der Waals surface area contributed by atoms with E-state index in [1.807, 2.05) is 0 Å². The molecule has 0 amide bonds. The zero-order valence-electron chi connectivity index (χ0n) is 12.3. The van der Waals surface area contributed by atoms with Gasteiger partial charge >= 0.3 is 11.9 Å². The summed E-state index contributed by atoms with van der Waals surface area (Å²) in [5.41, 5.74) is 5.69. The number of ether oxygens (including phenoxy) is 1. The van der Waals surface area contributed by atoms with E-state index in [0.29, 0.717) is 5.56 Å². The Bertz CT molecular complexity index is 507. The number of halogens is 1. The van der Waals surface area contributed by atoms with Gasteiger partial charge in [0.25, 0.3) is 0 Å². The normalized spacial score (nSPS) is 14.3. The summed E-state index contributed by atoms with van der Waals surface area (Å²) in [6.07, 6.45) is 0.135. The van der Waals surface area contributed by atoms with Crippen molar-refractivity contribution in [2.45, 2.75) is 38.8 Å². The molecule has 1 rings (SSSR count). The van der Waals surface area contributed by atoms with Gasteiger partial charge in [-0.1, -0.05) is 12.1 Å². The van der Waals surface area contributed by atoms with E-state index in [1.165, 1.54) is 24.3 Å². The molecule has 0 aliphatic carbocycles. The highest BCUT2D eigenvalue weighted by molar-refractivity contribution is 5.95. The molecular weight excluding hydrogens is 277 g/mol. The molecule has 0 heterocycles. The van der Waals surface area contributed by atoms with Crippen LogP contribution in [0.25, 0.3) is 0 Å². The summed E-state index contributed by atoms with van der Waals surface area (Å²) in [5, 5.41) is 9.19. The maximum atomic E-state index is 12.8. The van der Waals surface area contributed by atoms with Crippen LogP contribution in [-0.4, -0.2) is 28.7 Å². The molecule has 6 heteroatoms. The van der Waals surface area contributed by atoms with E-state index in [1.54, 1.807) is 20.8 Å². The van der Waals surface area contributed by atoms with Crippen molar-refractivity contribution in [1.29, 1.82) is 0 Å². The number of rotatable bonds is 5. The fraction of sp³-hybridized carbons (Fsp3) is 0.467. The van der Waals surface area contributed by atoms with Gasteiger partial charge in [0.05, 0.1) is 0 Å². The van der Waals surface area contributed by atoms with E-state index in [-0.39, 0.29) is 6.42 Å². The first-order valence-corrected chi connectivity index (χ1v) is 6.56. The van der Waals surface area contributed by atoms with Gasteiger partial charge in [-0.15, -0.1) is 0 Å². The lowest BCUT2D eigenvalue weighted by Gasteiger charge is -2.25. The van der Waals surface area contributed by atoms with Crippen LogP contribution in [-0.2, 0) is 20.7 Å². The lowest BCUT2D eigenvalue weighted by atomic mass is 9.94. The maximum absolute atomic E-state index is 12.8. The van der Waals surface area contributed by atoms with Crippen LogP contribution in [0.3, 0.4) is 0 Å². The predicted molar refractivity (Wildman–Crippen MR) is 75.1 cm³/mol. The molecular formula is C15H20FNO4. The van der Waals surface area contributed by atoms with Crippen molar-refractivity contribution in [1.82, 2.24) is 0 Å². The molecule has 21 heavy (non-hydrogen) atoms. The Kier molecular flexibility index (Phi) is 5.43. The average molecular weight is 297 g/mol. The first kappa shape index (κ1) is 17.1. The van der Waals surface area contributed by atoms with Crippen molar-refractivity contribution >= 4 is 11.9 Å². The number of carbonyl (C=O) groups excluding carboxylic acids is 1. The zero-order valence-corrected chi connectivity index (χ0v) is 12.3. The second kappa shape index (κ2) is 6.67. The first-order chi connectivity index (χ1) is 9.60. The molecule has 5 nitrogen and oxygen atoms in total. The van der Waals surface area contributed by atoms with Crippen molar-refractivity contribution in [2.24, 2.45) is 11.7 Å². The fourth-order valence-corrected chi connectivity index (χ4v) is 1.83. The number of carboxylic acids is 1. The van der Waals surface area contributed by atoms with Crippen molar-refractivity contribution in [3.63, 3.8) is 0 Å². The van der Waals surface area contributed by atoms with E-state index in [0.717, 1.165) is 0 Å². The Labute approximate surface area is 122 Å². The minimum Gasteiger partial charge on any atom is -0.481 e. The van der Waals surface area contributed by atoms with Crippen LogP contribution < -0.4 is 5.73 Å². The van der Waals surface area contributed by atoms with Crippen LogP contribution in [0.15, 0.2) is 24.3 Å². The summed E-state index contributed by atoms with van der Waals surface area (Å²) >= 11 is 0. The summed E-state index contributed by atoms with van der Waals surface area (Å²) in [7, 11) is 0. The smallest absolute Gasteiger partial charge is 0.322 e. The molecule has 0 unspecified atom stereocenters. The molecule has 2 atom stereocenters. The van der Waals surface area contributed by atoms with Gasteiger partial charge in [-0.05, 0) is 44.9 Å². The number of benzene rings is 1. The highest BCUT2D eigenvalue weighted by Gasteiger charge is 2.36. The summed E-state index contributed by atoms with van der Waals surface area (Å²) < 4.78 is 17.9. The number of hydrogen-bond donors (Lipinski definition) is 2. The number of hydrogen-bond acceptors (Lipinski definition) is 4. The molecule has 0 radical (unpaired) electrons. The third-order valence-corrected chi connectivity index (χ3v) is 2.74. The van der Waals surface area contributed by atoms with Crippen LogP contribution in [0, 0.1) is 11.7 Å². The van der Waals surface area contributed by atoms with Gasteiger partial charge in [-0.3, -0.25) is 9.59 Å². The molecule has 0 aromatic heterocycles. The van der Waals surface area contributed by atoms with Gasteiger partial charge in [0.2, 0.25) is 0 Å². The van der Waals surface area contributed by atoms with Gasteiger partial charge in [0.15, 0.2) is 5.92 Å². The Balaban J connectivity index is 2.82. The summed E-state index contributed by atoms with van der Waals surface area (Å²) in [6, 6.07) is 4.56. The quantitative estimate of drug-likeness (QED) is 0.638. The fourth-order valence-electron chi connectivity index (χ4n) is 1.83. The molecule has 0 saturated carbocycles. The maximum Gasteiger partial charge on any atom is 0.322 e. The first-order valence-electron chi connectivity index (χ1n) is 6.56. The van der Waals surface area contributed by atoms with Crippen molar-refractivity contribution in [3.8, 4) is 0 Å². The predicted octanol–water partition coefficient (Wildman–Crippen LogP) is 1.74. The van der Waals surface area contributed by atoms with Gasteiger partial charge < -0.3 is 15.6 Å². The van der Waals surface area contributed by atoms with Crippen LogP contribution in [0.5, 0.6) is 0 Å². The molecule has 1 aromatic carbocycles. The Morgan fingerprint density at radius 1 is 1.29 bits per heavy atom. The molecule has 0 spiro atoms. The summed E-state index contributed by atoms with van der Waals surface area (Å²) in [5.74, 6) is -4.06. The van der Waals surface area contributed by atoms with Crippen LogP contribution in [0.2, 0.25) is 0 Å². The Morgan fingerprint density at radius 2 is 1.81 bits per heavy atom. The number of nitrogens with two attached hydrogens (primary N) is 1. The number of carboxylic acid groups (broad SMARTS) is 1. The van der Waals surface area contributed by atoms with E-state index in [2.05, 4.69) is 0 Å². The Hall–Kier alpha value is -1.95. The van der Waals surface area contributed by atoms with Gasteiger partial charge in [0.1, 0.15) is 11.4 Å². The lowest BCUT2D eigenvalue weighted by molar-refractivity contribution is -0.167. The minimum atomic E-state index is -1.46. The molecule has 0 aliphatic rings. The Morgan fingerprint density at radius 3 is 2.24 bits per heavy atom. The highest BCUT2D eigenvalue weighted by atomic mass is 19.1. The third-order valence-electron chi connectivity index (χ3n) is 2.74. The van der Waals surface area contributed by atoms with E-state index in [9.17, 15) is 19.1 Å². The SMILES string of the molecule is CC(C)(C)OC(=O)[C@H](C(=O)O)[C@H](N)Cc1ccc(F)cc1. The zero-order chi connectivity index (χ0) is 16.2. The highest BCUT2D eigenvalue weighted by Crippen LogP contribution is 2.16. The molecule has 0 saturated heterocycles. The largest absolute Gasteiger partial charge is 0.481 e. The average Bonchev–Trinajstić information content (AvgIpc) is 2.29. The van der Waals surface area contributed by atoms with Crippen molar-refractivity contribution in [3.05, 3.63) is 35.6 Å².